The smallest absolute Gasteiger partial charge is 0.272 e. The lowest BCUT2D eigenvalue weighted by Gasteiger charge is -2.17. The van der Waals surface area contributed by atoms with E-state index in [1.54, 1.807) is 25.3 Å². The Morgan fingerprint density at radius 3 is 2.84 bits per heavy atom. The highest BCUT2D eigenvalue weighted by atomic mass is 32.2. The quantitative estimate of drug-likeness (QED) is 0.406. The van der Waals surface area contributed by atoms with Gasteiger partial charge in [0, 0.05) is 18.2 Å². The number of hydrogen-bond acceptors (Lipinski definition) is 10. The Labute approximate surface area is 190 Å². The zero-order valence-electron chi connectivity index (χ0n) is 17.0. The highest BCUT2D eigenvalue weighted by Crippen LogP contribution is 2.33. The molecule has 0 radical (unpaired) electrons. The van der Waals surface area contributed by atoms with Crippen LogP contribution in [0.5, 0.6) is 11.5 Å². The molecule has 3 aromatic rings. The first-order chi connectivity index (χ1) is 15.0. The van der Waals surface area contributed by atoms with Crippen LogP contribution in [0.1, 0.15) is 10.7 Å². The van der Waals surface area contributed by atoms with Crippen LogP contribution in [0, 0.1) is 6.92 Å². The minimum atomic E-state index is -0.255. The van der Waals surface area contributed by atoms with E-state index in [0.29, 0.717) is 32.4 Å². The third-order valence-electron chi connectivity index (χ3n) is 4.40. The summed E-state index contributed by atoms with van der Waals surface area (Å²) in [4.78, 5) is 31.1. The summed E-state index contributed by atoms with van der Waals surface area (Å²) in [7, 11) is 3.09. The number of fused-ring (bicyclic) bond motifs is 1. The fourth-order valence-corrected chi connectivity index (χ4v) is 5.46. The normalized spacial score (nSPS) is 12.5. The molecule has 0 unspecified atom stereocenters. The highest BCUT2D eigenvalue weighted by molar-refractivity contribution is 8.00. The first kappa shape index (κ1) is 21.7. The van der Waals surface area contributed by atoms with E-state index in [0.717, 1.165) is 22.9 Å². The van der Waals surface area contributed by atoms with Crippen LogP contribution in [-0.4, -0.2) is 51.4 Å². The Morgan fingerprint density at radius 2 is 2.13 bits per heavy atom. The topological polar surface area (TPSA) is 108 Å². The van der Waals surface area contributed by atoms with E-state index in [9.17, 15) is 9.59 Å². The maximum atomic E-state index is 13.4. The molecule has 0 aliphatic carbocycles. The average molecular weight is 478 g/mol. The van der Waals surface area contributed by atoms with Gasteiger partial charge in [0.15, 0.2) is 5.16 Å². The van der Waals surface area contributed by atoms with Crippen molar-refractivity contribution in [2.24, 2.45) is 0 Å². The fraction of sp³-hybridized carbons (Fsp3) is 0.316. The van der Waals surface area contributed by atoms with Crippen LogP contribution >= 0.6 is 34.9 Å². The van der Waals surface area contributed by atoms with Crippen LogP contribution < -0.4 is 20.3 Å². The van der Waals surface area contributed by atoms with Gasteiger partial charge in [-0.2, -0.15) is 0 Å². The van der Waals surface area contributed by atoms with E-state index >= 15 is 0 Å². The number of carbonyl (C=O) groups excluding carboxylic acids is 1. The van der Waals surface area contributed by atoms with Crippen molar-refractivity contribution in [2.45, 2.75) is 23.4 Å². The number of nitrogens with one attached hydrogen (secondary N) is 1. The molecule has 31 heavy (non-hydrogen) atoms. The summed E-state index contributed by atoms with van der Waals surface area (Å²) in [5.41, 5.74) is 1.09. The molecule has 0 atom stereocenters. The molecule has 12 heteroatoms. The maximum absolute atomic E-state index is 13.4. The molecule has 0 saturated carbocycles. The molecule has 0 fully saturated rings. The lowest BCUT2D eigenvalue weighted by Crippen LogP contribution is -2.25. The summed E-state index contributed by atoms with van der Waals surface area (Å²) in [5, 5.41) is 12.1. The lowest BCUT2D eigenvalue weighted by molar-refractivity contribution is -0.113. The lowest BCUT2D eigenvalue weighted by atomic mass is 10.2. The number of ether oxygens (including phenoxy) is 2. The number of hydrogen-bond donors (Lipinski definition) is 1. The van der Waals surface area contributed by atoms with Crippen molar-refractivity contribution in [3.63, 3.8) is 0 Å². The summed E-state index contributed by atoms with van der Waals surface area (Å²) < 4.78 is 12.3. The van der Waals surface area contributed by atoms with E-state index in [2.05, 4.69) is 15.5 Å². The number of amides is 1. The van der Waals surface area contributed by atoms with Gasteiger partial charge in [0.1, 0.15) is 16.5 Å². The summed E-state index contributed by atoms with van der Waals surface area (Å²) in [5.74, 6) is 1.69. The third kappa shape index (κ3) is 4.55. The number of aromatic nitrogens is 4. The molecule has 1 N–H and O–H groups in total. The van der Waals surface area contributed by atoms with Crippen LogP contribution in [0.3, 0.4) is 0 Å². The van der Waals surface area contributed by atoms with Crippen molar-refractivity contribution >= 4 is 45.9 Å². The zero-order valence-corrected chi connectivity index (χ0v) is 19.4. The van der Waals surface area contributed by atoms with Crippen LogP contribution in [0.15, 0.2) is 33.0 Å². The number of aryl methyl sites for hydroxylation is 2. The number of nitrogens with zero attached hydrogens (tertiary/aromatic N) is 4. The van der Waals surface area contributed by atoms with Gasteiger partial charge in [-0.05, 0) is 19.1 Å². The van der Waals surface area contributed by atoms with Gasteiger partial charge in [-0.25, -0.2) is 4.98 Å². The first-order valence-electron chi connectivity index (χ1n) is 9.24. The van der Waals surface area contributed by atoms with Gasteiger partial charge in [0.2, 0.25) is 11.0 Å². The molecule has 3 heterocycles. The Morgan fingerprint density at radius 1 is 1.29 bits per heavy atom. The number of anilines is 1. The fourth-order valence-electron chi connectivity index (χ4n) is 3.01. The minimum absolute atomic E-state index is 0.0588. The van der Waals surface area contributed by atoms with Crippen LogP contribution in [0.2, 0.25) is 0 Å². The van der Waals surface area contributed by atoms with E-state index in [1.807, 2.05) is 6.92 Å². The van der Waals surface area contributed by atoms with Crippen molar-refractivity contribution in [1.82, 2.24) is 19.7 Å². The van der Waals surface area contributed by atoms with Crippen molar-refractivity contribution in [1.29, 1.82) is 0 Å². The van der Waals surface area contributed by atoms with Crippen LogP contribution in [0.4, 0.5) is 5.13 Å². The summed E-state index contributed by atoms with van der Waals surface area (Å²) >= 11 is 3.97. The first-order valence-corrected chi connectivity index (χ1v) is 12.0. The maximum Gasteiger partial charge on any atom is 0.272 e. The van der Waals surface area contributed by atoms with Gasteiger partial charge in [0.25, 0.3) is 5.56 Å². The van der Waals surface area contributed by atoms with E-state index in [-0.39, 0.29) is 17.2 Å². The highest BCUT2D eigenvalue weighted by Gasteiger charge is 2.24. The Balaban J connectivity index is 1.70. The number of benzene rings is 1. The second-order valence-electron chi connectivity index (χ2n) is 6.41. The second kappa shape index (κ2) is 9.28. The SMILES string of the molecule is COc1ccc(OC)c(-n2c(SCC(=O)Nc3nnc(C)s3)nc3c(c2=O)SCC3)c1. The number of thioether (sulfide) groups is 2. The Hall–Kier alpha value is -2.57. The number of carbonyl (C=O) groups is 1. The zero-order chi connectivity index (χ0) is 22.0. The molecule has 1 amide bonds. The molecule has 2 aromatic heterocycles. The van der Waals surface area contributed by atoms with Crippen LogP contribution in [0.25, 0.3) is 5.69 Å². The van der Waals surface area contributed by atoms with E-state index in [1.165, 1.54) is 46.5 Å². The van der Waals surface area contributed by atoms with E-state index in [4.69, 9.17) is 14.5 Å². The molecule has 1 aromatic carbocycles. The Bertz CT molecular complexity index is 1190. The molecule has 0 bridgehead atoms. The second-order valence-corrected chi connectivity index (χ2v) is 9.64. The van der Waals surface area contributed by atoms with Crippen molar-refractivity contribution in [3.8, 4) is 17.2 Å². The Kier molecular flexibility index (Phi) is 6.49. The van der Waals surface area contributed by atoms with Crippen molar-refractivity contribution in [3.05, 3.63) is 39.3 Å². The average Bonchev–Trinajstić information content (AvgIpc) is 3.40. The third-order valence-corrected chi connectivity index (χ3v) is 7.20. The largest absolute Gasteiger partial charge is 0.497 e. The standard InChI is InChI=1S/C19H19N5O4S3/c1-10-22-23-18(31-10)21-15(25)9-30-19-20-12-6-7-29-16(12)17(26)24(19)13-8-11(27-2)4-5-14(13)28-3/h4-5,8H,6-7,9H2,1-3H3,(H,21,23,25). The summed E-state index contributed by atoms with van der Waals surface area (Å²) in [6, 6.07) is 5.22. The predicted octanol–water partition coefficient (Wildman–Crippen LogP) is 2.79. The van der Waals surface area contributed by atoms with Gasteiger partial charge in [0.05, 0.1) is 36.2 Å². The number of rotatable bonds is 7. The summed E-state index contributed by atoms with van der Waals surface area (Å²) in [6.07, 6.45) is 0.717. The molecule has 9 nitrogen and oxygen atoms in total. The van der Waals surface area contributed by atoms with Crippen molar-refractivity contribution in [2.75, 3.05) is 31.0 Å². The molecule has 162 valence electrons. The van der Waals surface area contributed by atoms with Gasteiger partial charge in [-0.15, -0.1) is 22.0 Å². The van der Waals surface area contributed by atoms with Gasteiger partial charge >= 0.3 is 0 Å². The molecule has 1 aliphatic rings. The van der Waals surface area contributed by atoms with Gasteiger partial charge in [-0.3, -0.25) is 19.5 Å². The summed E-state index contributed by atoms with van der Waals surface area (Å²) in [6.45, 7) is 1.81. The minimum Gasteiger partial charge on any atom is -0.497 e. The molecular weight excluding hydrogens is 458 g/mol. The molecule has 4 rings (SSSR count). The van der Waals surface area contributed by atoms with E-state index < -0.39 is 0 Å². The number of methoxy groups -OCH3 is 2. The molecule has 0 saturated heterocycles. The molecule has 1 aliphatic heterocycles. The van der Waals surface area contributed by atoms with Gasteiger partial charge in [-0.1, -0.05) is 23.1 Å². The van der Waals surface area contributed by atoms with Crippen LogP contribution in [-0.2, 0) is 11.2 Å². The molecular formula is C19H19N5O4S3. The predicted molar refractivity (Wildman–Crippen MR) is 121 cm³/mol. The monoisotopic (exact) mass is 477 g/mol. The molecule has 0 spiro atoms. The van der Waals surface area contributed by atoms with Crippen molar-refractivity contribution < 1.29 is 14.3 Å². The van der Waals surface area contributed by atoms with Gasteiger partial charge < -0.3 is 9.47 Å².